The Bertz CT molecular complexity index is 168. The van der Waals surface area contributed by atoms with Gasteiger partial charge in [-0.05, 0) is 6.92 Å². The second-order valence-corrected chi connectivity index (χ2v) is 1.88. The van der Waals surface area contributed by atoms with Crippen LogP contribution in [-0.2, 0) is 0 Å². The maximum absolute atomic E-state index is 12.1. The van der Waals surface area contributed by atoms with Crippen LogP contribution in [0.15, 0.2) is 4.99 Å². The molecule has 0 N–H and O–H groups in total. The molecule has 0 aromatic carbocycles. The molecule has 0 spiro atoms. The normalized spacial score (nSPS) is 15.4. The highest BCUT2D eigenvalue weighted by Gasteiger charge is 2.59. The van der Waals surface area contributed by atoms with Gasteiger partial charge in [0.25, 0.3) is 0 Å². The van der Waals surface area contributed by atoms with E-state index in [1.165, 1.54) is 0 Å². The molecule has 6 heteroatoms. The zero-order valence-corrected chi connectivity index (χ0v) is 5.84. The summed E-state index contributed by atoms with van der Waals surface area (Å²) in [5, 5.41) is 0. The Hall–Kier alpha value is -0.680. The average Bonchev–Trinajstić information content (AvgIpc) is 1.83. The van der Waals surface area contributed by atoms with Crippen molar-refractivity contribution in [3.8, 4) is 0 Å². The van der Waals surface area contributed by atoms with Gasteiger partial charge in [0.15, 0.2) is 0 Å². The summed E-state index contributed by atoms with van der Waals surface area (Å²) in [6.45, 7) is 0.632. The maximum atomic E-state index is 12.1. The van der Waals surface area contributed by atoms with Crippen LogP contribution in [0.1, 0.15) is 6.92 Å². The van der Waals surface area contributed by atoms with E-state index in [0.29, 0.717) is 6.92 Å². The van der Waals surface area contributed by atoms with Gasteiger partial charge in [0.05, 0.1) is 5.71 Å². The van der Waals surface area contributed by atoms with Crippen LogP contribution in [0.4, 0.5) is 22.0 Å². The van der Waals surface area contributed by atoms with Crippen LogP contribution in [-0.4, -0.2) is 24.9 Å². The maximum Gasteiger partial charge on any atom is 0.459 e. The quantitative estimate of drug-likeness (QED) is 0.428. The lowest BCUT2D eigenvalue weighted by Gasteiger charge is -2.18. The lowest BCUT2D eigenvalue weighted by Crippen LogP contribution is -2.42. The van der Waals surface area contributed by atoms with Gasteiger partial charge >= 0.3 is 12.1 Å². The fourth-order valence-electron chi connectivity index (χ4n) is 0.346. The van der Waals surface area contributed by atoms with Crippen molar-refractivity contribution in [3.63, 3.8) is 0 Å². The van der Waals surface area contributed by atoms with Crippen molar-refractivity contribution in [1.29, 1.82) is 0 Å². The van der Waals surface area contributed by atoms with E-state index in [4.69, 9.17) is 0 Å². The predicted octanol–water partition coefficient (Wildman–Crippen LogP) is 2.27. The third-order valence-corrected chi connectivity index (χ3v) is 1.15. The lowest BCUT2D eigenvalue weighted by atomic mass is 10.2. The fourth-order valence-corrected chi connectivity index (χ4v) is 0.346. The lowest BCUT2D eigenvalue weighted by molar-refractivity contribution is -0.249. The molecule has 0 aliphatic heterocycles. The van der Waals surface area contributed by atoms with E-state index in [-0.39, 0.29) is 0 Å². The highest BCUT2D eigenvalue weighted by atomic mass is 19.4. The molecule has 0 heterocycles. The van der Waals surface area contributed by atoms with Crippen LogP contribution in [0, 0.1) is 0 Å². The molecule has 0 unspecified atom stereocenters. The second-order valence-electron chi connectivity index (χ2n) is 1.88. The summed E-state index contributed by atoms with van der Waals surface area (Å²) in [6, 6.07) is 0. The van der Waals surface area contributed by atoms with Gasteiger partial charge in [-0.3, -0.25) is 4.99 Å². The number of aliphatic imine (C=N–C) groups is 1. The van der Waals surface area contributed by atoms with Crippen LogP contribution in [0.2, 0.25) is 0 Å². The molecule has 0 aromatic rings. The Morgan fingerprint density at radius 2 is 1.45 bits per heavy atom. The molecule has 0 radical (unpaired) electrons. The van der Waals surface area contributed by atoms with Gasteiger partial charge < -0.3 is 0 Å². The third kappa shape index (κ3) is 1.87. The topological polar surface area (TPSA) is 12.4 Å². The minimum absolute atomic E-state index is 0.632. The van der Waals surface area contributed by atoms with E-state index in [2.05, 4.69) is 4.99 Å². The van der Waals surface area contributed by atoms with Crippen molar-refractivity contribution in [2.24, 2.45) is 4.99 Å². The number of rotatable bonds is 1. The van der Waals surface area contributed by atoms with Gasteiger partial charge in [-0.25, -0.2) is 0 Å². The molecule has 66 valence electrons. The largest absolute Gasteiger partial charge is 0.459 e. The average molecular weight is 175 g/mol. The molecule has 0 aliphatic rings. The fraction of sp³-hybridized carbons (Fsp3) is 0.800. The van der Waals surface area contributed by atoms with E-state index in [0.717, 1.165) is 7.05 Å². The smallest absolute Gasteiger partial charge is 0.291 e. The Kier molecular flexibility index (Phi) is 2.58. The first-order valence-corrected chi connectivity index (χ1v) is 2.62. The summed E-state index contributed by atoms with van der Waals surface area (Å²) in [7, 11) is 0.884. The zero-order valence-electron chi connectivity index (χ0n) is 5.84. The van der Waals surface area contributed by atoms with Crippen LogP contribution < -0.4 is 0 Å². The number of halogens is 5. The molecular formula is C5H6F5N. The first-order chi connectivity index (χ1) is 4.73. The summed E-state index contributed by atoms with van der Waals surface area (Å²) < 4.78 is 58.5. The summed E-state index contributed by atoms with van der Waals surface area (Å²) in [5.41, 5.74) is -1.23. The van der Waals surface area contributed by atoms with Gasteiger partial charge in [-0.1, -0.05) is 0 Å². The molecule has 0 saturated heterocycles. The van der Waals surface area contributed by atoms with E-state index in [9.17, 15) is 22.0 Å². The van der Waals surface area contributed by atoms with Crippen molar-refractivity contribution in [3.05, 3.63) is 0 Å². The number of alkyl halides is 5. The Morgan fingerprint density at radius 1 is 1.09 bits per heavy atom. The highest BCUT2D eigenvalue weighted by molar-refractivity contribution is 5.89. The molecule has 0 atom stereocenters. The van der Waals surface area contributed by atoms with Gasteiger partial charge in [0, 0.05) is 7.05 Å². The zero-order chi connectivity index (χ0) is 9.28. The first-order valence-electron chi connectivity index (χ1n) is 2.62. The Morgan fingerprint density at radius 3 is 1.55 bits per heavy atom. The summed E-state index contributed by atoms with van der Waals surface area (Å²) >= 11 is 0. The molecule has 1 nitrogen and oxygen atoms in total. The monoisotopic (exact) mass is 175 g/mol. The minimum Gasteiger partial charge on any atom is -0.291 e. The van der Waals surface area contributed by atoms with Crippen LogP contribution in [0.5, 0.6) is 0 Å². The molecular weight excluding hydrogens is 169 g/mol. The van der Waals surface area contributed by atoms with Crippen molar-refractivity contribution in [2.75, 3.05) is 7.05 Å². The molecule has 0 aliphatic carbocycles. The van der Waals surface area contributed by atoms with Crippen molar-refractivity contribution in [2.45, 2.75) is 19.0 Å². The molecule has 0 saturated carbocycles. The first kappa shape index (κ1) is 10.3. The van der Waals surface area contributed by atoms with E-state index < -0.39 is 17.8 Å². The molecule has 0 aromatic heterocycles. The molecule has 0 rings (SSSR count). The van der Waals surface area contributed by atoms with E-state index in [1.807, 2.05) is 0 Å². The molecule has 0 fully saturated rings. The third-order valence-electron chi connectivity index (χ3n) is 1.15. The van der Waals surface area contributed by atoms with E-state index >= 15 is 0 Å². The van der Waals surface area contributed by atoms with Gasteiger partial charge in [-0.2, -0.15) is 22.0 Å². The van der Waals surface area contributed by atoms with Crippen LogP contribution >= 0.6 is 0 Å². The number of hydrogen-bond donors (Lipinski definition) is 0. The molecule has 0 amide bonds. The van der Waals surface area contributed by atoms with Gasteiger partial charge in [0.2, 0.25) is 0 Å². The summed E-state index contributed by atoms with van der Waals surface area (Å²) in [6.07, 6.45) is -5.55. The van der Waals surface area contributed by atoms with Gasteiger partial charge in [0.1, 0.15) is 0 Å². The molecule has 0 bridgehead atoms. The van der Waals surface area contributed by atoms with E-state index in [1.54, 1.807) is 0 Å². The van der Waals surface area contributed by atoms with Crippen LogP contribution in [0.3, 0.4) is 0 Å². The number of nitrogens with zero attached hydrogens (tertiary/aromatic N) is 1. The standard InChI is InChI=1S/C5H6F5N/c1-3(11-2)4(6,7)5(8,9)10/h1-2H3. The summed E-state index contributed by atoms with van der Waals surface area (Å²) in [5.74, 6) is -4.80. The summed E-state index contributed by atoms with van der Waals surface area (Å²) in [4.78, 5) is 2.77. The van der Waals surface area contributed by atoms with Crippen molar-refractivity contribution in [1.82, 2.24) is 0 Å². The highest BCUT2D eigenvalue weighted by Crippen LogP contribution is 2.36. The van der Waals surface area contributed by atoms with Crippen LogP contribution in [0.25, 0.3) is 0 Å². The van der Waals surface area contributed by atoms with Crippen molar-refractivity contribution >= 4 is 5.71 Å². The predicted molar refractivity (Wildman–Crippen MR) is 30.0 cm³/mol. The SMILES string of the molecule is CN=C(C)C(F)(F)C(F)(F)F. The van der Waals surface area contributed by atoms with Gasteiger partial charge in [-0.15, -0.1) is 0 Å². The minimum atomic E-state index is -5.55. The Labute approximate surface area is 59.9 Å². The number of hydrogen-bond acceptors (Lipinski definition) is 1. The van der Waals surface area contributed by atoms with Crippen molar-refractivity contribution < 1.29 is 22.0 Å². The molecule has 11 heavy (non-hydrogen) atoms. The Balaban J connectivity index is 4.74. The second kappa shape index (κ2) is 2.75.